The second-order valence-electron chi connectivity index (χ2n) is 5.43. The first-order valence-electron chi connectivity index (χ1n) is 6.15. The zero-order chi connectivity index (χ0) is 12.2. The molecule has 0 spiro atoms. The van der Waals surface area contributed by atoms with Crippen molar-refractivity contribution < 1.29 is 0 Å². The molecule has 0 aromatic carbocycles. The van der Waals surface area contributed by atoms with Gasteiger partial charge < -0.3 is 15.5 Å². The summed E-state index contributed by atoms with van der Waals surface area (Å²) in [5.74, 6) is 0.631. The minimum absolute atomic E-state index is 0.337. The Kier molecular flexibility index (Phi) is 4.99. The van der Waals surface area contributed by atoms with Crippen molar-refractivity contribution in [2.75, 3.05) is 27.2 Å². The molecule has 1 aliphatic rings. The van der Waals surface area contributed by atoms with Gasteiger partial charge in [-0.3, -0.25) is 0 Å². The average Bonchev–Trinajstić information content (AvgIpc) is 2.12. The van der Waals surface area contributed by atoms with Crippen molar-refractivity contribution in [1.29, 1.82) is 0 Å². The number of thiocarbonyl (C=S) groups is 1. The fraction of sp³-hybridized carbons (Fsp3) is 0.917. The summed E-state index contributed by atoms with van der Waals surface area (Å²) in [6.07, 6.45) is 3.89. The lowest BCUT2D eigenvalue weighted by Crippen LogP contribution is -2.58. The van der Waals surface area contributed by atoms with Crippen molar-refractivity contribution in [3.63, 3.8) is 0 Å². The van der Waals surface area contributed by atoms with Gasteiger partial charge in [0.2, 0.25) is 0 Å². The molecule has 0 unspecified atom stereocenters. The predicted octanol–water partition coefficient (Wildman–Crippen LogP) is 1.59. The van der Waals surface area contributed by atoms with Crippen LogP contribution in [-0.4, -0.2) is 42.7 Å². The fourth-order valence-corrected chi connectivity index (χ4v) is 2.13. The van der Waals surface area contributed by atoms with Crippen molar-refractivity contribution in [1.82, 2.24) is 15.5 Å². The Morgan fingerprint density at radius 1 is 1.31 bits per heavy atom. The van der Waals surface area contributed by atoms with Crippen LogP contribution in [0.1, 0.15) is 33.1 Å². The average molecular weight is 243 g/mol. The smallest absolute Gasteiger partial charge is 0.166 e. The third kappa shape index (κ3) is 3.59. The molecule has 1 fully saturated rings. The summed E-state index contributed by atoms with van der Waals surface area (Å²) in [6.45, 7) is 6.27. The van der Waals surface area contributed by atoms with Gasteiger partial charge in [-0.1, -0.05) is 13.8 Å². The first kappa shape index (κ1) is 13.7. The molecule has 16 heavy (non-hydrogen) atoms. The SMILES string of the molecule is CC(C)CNC(=S)NCC1(N(C)C)CCC1. The highest BCUT2D eigenvalue weighted by Crippen LogP contribution is 2.35. The van der Waals surface area contributed by atoms with Gasteiger partial charge in [0.15, 0.2) is 5.11 Å². The van der Waals surface area contributed by atoms with Crippen LogP contribution in [-0.2, 0) is 0 Å². The Balaban J connectivity index is 2.25. The van der Waals surface area contributed by atoms with Crippen LogP contribution in [0.15, 0.2) is 0 Å². The van der Waals surface area contributed by atoms with Crippen molar-refractivity contribution >= 4 is 17.3 Å². The van der Waals surface area contributed by atoms with Gasteiger partial charge in [0.05, 0.1) is 0 Å². The number of hydrogen-bond acceptors (Lipinski definition) is 2. The van der Waals surface area contributed by atoms with Gasteiger partial charge in [-0.2, -0.15) is 0 Å². The van der Waals surface area contributed by atoms with Crippen LogP contribution >= 0.6 is 12.2 Å². The number of nitrogens with zero attached hydrogens (tertiary/aromatic N) is 1. The largest absolute Gasteiger partial charge is 0.362 e. The van der Waals surface area contributed by atoms with E-state index in [1.807, 2.05) is 0 Å². The van der Waals surface area contributed by atoms with Gasteiger partial charge in [0.1, 0.15) is 0 Å². The summed E-state index contributed by atoms with van der Waals surface area (Å²) < 4.78 is 0. The van der Waals surface area contributed by atoms with E-state index in [-0.39, 0.29) is 0 Å². The van der Waals surface area contributed by atoms with Crippen molar-refractivity contribution in [3.05, 3.63) is 0 Å². The molecule has 0 aliphatic heterocycles. The van der Waals surface area contributed by atoms with E-state index in [9.17, 15) is 0 Å². The molecule has 0 aromatic heterocycles. The number of likely N-dealkylation sites (N-methyl/N-ethyl adjacent to an activating group) is 1. The van der Waals surface area contributed by atoms with Gasteiger partial charge in [-0.15, -0.1) is 0 Å². The molecule has 0 amide bonds. The molecule has 1 rings (SSSR count). The lowest BCUT2D eigenvalue weighted by Gasteiger charge is -2.47. The Hall–Kier alpha value is -0.350. The Labute approximate surface area is 105 Å². The molecular weight excluding hydrogens is 218 g/mol. The van der Waals surface area contributed by atoms with Crippen LogP contribution in [0.3, 0.4) is 0 Å². The quantitative estimate of drug-likeness (QED) is 0.717. The van der Waals surface area contributed by atoms with Crippen LogP contribution in [0.25, 0.3) is 0 Å². The lowest BCUT2D eigenvalue weighted by atomic mass is 9.75. The Morgan fingerprint density at radius 2 is 1.94 bits per heavy atom. The predicted molar refractivity (Wildman–Crippen MR) is 73.7 cm³/mol. The van der Waals surface area contributed by atoms with Crippen molar-refractivity contribution in [3.8, 4) is 0 Å². The molecule has 4 heteroatoms. The molecule has 0 radical (unpaired) electrons. The first-order chi connectivity index (χ1) is 7.46. The summed E-state index contributed by atoms with van der Waals surface area (Å²) in [4.78, 5) is 2.33. The molecule has 1 saturated carbocycles. The van der Waals surface area contributed by atoms with E-state index in [0.717, 1.165) is 18.2 Å². The molecular formula is C12H25N3S. The monoisotopic (exact) mass is 243 g/mol. The van der Waals surface area contributed by atoms with Gasteiger partial charge in [0.25, 0.3) is 0 Å². The number of hydrogen-bond donors (Lipinski definition) is 2. The van der Waals surface area contributed by atoms with E-state index >= 15 is 0 Å². The van der Waals surface area contributed by atoms with Crippen LogP contribution in [0.5, 0.6) is 0 Å². The molecule has 3 nitrogen and oxygen atoms in total. The zero-order valence-corrected chi connectivity index (χ0v) is 11.8. The molecule has 94 valence electrons. The second-order valence-corrected chi connectivity index (χ2v) is 5.84. The molecule has 0 aromatic rings. The van der Waals surface area contributed by atoms with Crippen LogP contribution < -0.4 is 10.6 Å². The molecule has 0 saturated heterocycles. The maximum absolute atomic E-state index is 5.26. The van der Waals surface area contributed by atoms with Gasteiger partial charge in [0, 0.05) is 18.6 Å². The molecule has 0 bridgehead atoms. The maximum atomic E-state index is 5.26. The highest BCUT2D eigenvalue weighted by atomic mass is 32.1. The number of nitrogens with one attached hydrogen (secondary N) is 2. The highest BCUT2D eigenvalue weighted by Gasteiger charge is 2.38. The van der Waals surface area contributed by atoms with E-state index in [0.29, 0.717) is 11.5 Å². The zero-order valence-electron chi connectivity index (χ0n) is 11.0. The van der Waals surface area contributed by atoms with Gasteiger partial charge in [-0.05, 0) is 51.5 Å². The van der Waals surface area contributed by atoms with Crippen molar-refractivity contribution in [2.24, 2.45) is 5.92 Å². The number of rotatable bonds is 5. The van der Waals surface area contributed by atoms with E-state index in [1.54, 1.807) is 0 Å². The summed E-state index contributed by atoms with van der Waals surface area (Å²) in [6, 6.07) is 0. The minimum Gasteiger partial charge on any atom is -0.362 e. The maximum Gasteiger partial charge on any atom is 0.166 e. The highest BCUT2D eigenvalue weighted by molar-refractivity contribution is 7.80. The second kappa shape index (κ2) is 5.82. The van der Waals surface area contributed by atoms with Gasteiger partial charge in [-0.25, -0.2) is 0 Å². The van der Waals surface area contributed by atoms with E-state index in [4.69, 9.17) is 12.2 Å². The molecule has 0 atom stereocenters. The fourth-order valence-electron chi connectivity index (χ4n) is 1.97. The molecule has 0 heterocycles. The van der Waals surface area contributed by atoms with E-state index in [2.05, 4.69) is 43.5 Å². The molecule has 2 N–H and O–H groups in total. The summed E-state index contributed by atoms with van der Waals surface area (Å²) in [7, 11) is 4.32. The van der Waals surface area contributed by atoms with E-state index in [1.165, 1.54) is 19.3 Å². The molecule has 1 aliphatic carbocycles. The van der Waals surface area contributed by atoms with E-state index < -0.39 is 0 Å². The van der Waals surface area contributed by atoms with Crippen molar-refractivity contribution in [2.45, 2.75) is 38.6 Å². The summed E-state index contributed by atoms with van der Waals surface area (Å²) >= 11 is 5.26. The van der Waals surface area contributed by atoms with Crippen LogP contribution in [0.4, 0.5) is 0 Å². The first-order valence-corrected chi connectivity index (χ1v) is 6.56. The standard InChI is InChI=1S/C12H25N3S/c1-10(2)8-13-11(16)14-9-12(15(3)4)6-5-7-12/h10H,5-9H2,1-4H3,(H2,13,14,16). The summed E-state index contributed by atoms with van der Waals surface area (Å²) in [5, 5.41) is 7.38. The summed E-state index contributed by atoms with van der Waals surface area (Å²) in [5.41, 5.74) is 0.337. The minimum atomic E-state index is 0.337. The topological polar surface area (TPSA) is 27.3 Å². The Morgan fingerprint density at radius 3 is 2.31 bits per heavy atom. The third-order valence-corrected chi connectivity index (χ3v) is 3.77. The Bertz CT molecular complexity index is 234. The van der Waals surface area contributed by atoms with Crippen LogP contribution in [0, 0.1) is 5.92 Å². The van der Waals surface area contributed by atoms with Crippen LogP contribution in [0.2, 0.25) is 0 Å². The third-order valence-electron chi connectivity index (χ3n) is 3.48. The lowest BCUT2D eigenvalue weighted by molar-refractivity contribution is 0.0648. The van der Waals surface area contributed by atoms with Gasteiger partial charge >= 0.3 is 0 Å². The normalized spacial score (nSPS) is 18.4.